The zero-order chi connectivity index (χ0) is 26.9. The Morgan fingerprint density at radius 3 is 2.33 bits per heavy atom. The monoisotopic (exact) mass is 517 g/mol. The molecule has 2 aromatic rings. The molecule has 0 saturated carbocycles. The smallest absolute Gasteiger partial charge is 0.408 e. The number of thiol groups is 1. The highest BCUT2D eigenvalue weighted by molar-refractivity contribution is 7.80. The number of phenols is 1. The number of aromatic hydroxyl groups is 1. The molecule has 0 aliphatic carbocycles. The molecule has 0 heterocycles. The van der Waals surface area contributed by atoms with Gasteiger partial charge >= 0.3 is 6.09 Å². The largest absolute Gasteiger partial charge is 0.508 e. The molecule has 0 aliphatic rings. The minimum Gasteiger partial charge on any atom is -0.508 e. The first-order chi connectivity index (χ1) is 17.0. The van der Waals surface area contributed by atoms with Gasteiger partial charge in [-0.2, -0.15) is 12.6 Å². The molecule has 0 aliphatic heterocycles. The molecule has 0 spiro atoms. The summed E-state index contributed by atoms with van der Waals surface area (Å²) in [6, 6.07) is 11.6. The lowest BCUT2D eigenvalue weighted by Crippen LogP contribution is -2.54. The third-order valence-corrected chi connectivity index (χ3v) is 5.57. The Kier molecular flexibility index (Phi) is 10.6. The van der Waals surface area contributed by atoms with E-state index in [0.717, 1.165) is 5.56 Å². The van der Waals surface area contributed by atoms with Gasteiger partial charge in [-0.05, 0) is 56.5 Å². The fraction of sp³-hybridized carbons (Fsp3) is 0.423. The van der Waals surface area contributed by atoms with Gasteiger partial charge in [-0.15, -0.1) is 0 Å². The molecule has 0 bridgehead atoms. The molecule has 0 aromatic heterocycles. The van der Waals surface area contributed by atoms with Gasteiger partial charge in [-0.25, -0.2) is 4.79 Å². The number of nitrogens with zero attached hydrogens (tertiary/aromatic N) is 1. The SMILES string of the molecule is Cc1cc(C(C(=O)NCc2ccccc2)N(CCO)C(=O)C(CS)NC(=O)OC(C)(C)C)ccc1O. The predicted molar refractivity (Wildman–Crippen MR) is 140 cm³/mol. The van der Waals surface area contributed by atoms with Crippen molar-refractivity contribution < 1.29 is 29.3 Å². The molecular formula is C26H35N3O6S. The van der Waals surface area contributed by atoms with Crippen LogP contribution in [0.5, 0.6) is 5.75 Å². The second-order valence-corrected chi connectivity index (χ2v) is 9.65. The van der Waals surface area contributed by atoms with E-state index in [0.29, 0.717) is 11.1 Å². The third-order valence-electron chi connectivity index (χ3n) is 5.20. The Morgan fingerprint density at radius 1 is 1.11 bits per heavy atom. The van der Waals surface area contributed by atoms with Crippen molar-refractivity contribution in [1.29, 1.82) is 0 Å². The summed E-state index contributed by atoms with van der Waals surface area (Å²) >= 11 is 4.22. The van der Waals surface area contributed by atoms with Crippen molar-refractivity contribution in [2.75, 3.05) is 18.9 Å². The summed E-state index contributed by atoms with van der Waals surface area (Å²) in [4.78, 5) is 40.6. The highest BCUT2D eigenvalue weighted by Crippen LogP contribution is 2.27. The Bertz CT molecular complexity index is 1040. The number of hydrogen-bond acceptors (Lipinski definition) is 7. The van der Waals surface area contributed by atoms with Crippen LogP contribution >= 0.6 is 12.6 Å². The van der Waals surface area contributed by atoms with Gasteiger partial charge in [0, 0.05) is 18.8 Å². The summed E-state index contributed by atoms with van der Waals surface area (Å²) in [5.41, 5.74) is 1.05. The number of ether oxygens (including phenoxy) is 1. The average molecular weight is 518 g/mol. The molecule has 196 valence electrons. The lowest BCUT2D eigenvalue weighted by atomic mass is 10.00. The second-order valence-electron chi connectivity index (χ2n) is 9.29. The van der Waals surface area contributed by atoms with Gasteiger partial charge in [-0.1, -0.05) is 36.4 Å². The van der Waals surface area contributed by atoms with Crippen LogP contribution < -0.4 is 10.6 Å². The Labute approximate surface area is 217 Å². The number of aryl methyl sites for hydroxylation is 1. The minimum atomic E-state index is -1.14. The summed E-state index contributed by atoms with van der Waals surface area (Å²) in [5, 5.41) is 25.1. The molecule has 0 radical (unpaired) electrons. The van der Waals surface area contributed by atoms with Crippen LogP contribution in [0.1, 0.15) is 43.5 Å². The highest BCUT2D eigenvalue weighted by Gasteiger charge is 2.35. The van der Waals surface area contributed by atoms with Gasteiger partial charge in [0.15, 0.2) is 0 Å². The van der Waals surface area contributed by atoms with Crippen molar-refractivity contribution >= 4 is 30.5 Å². The zero-order valence-corrected chi connectivity index (χ0v) is 21.9. The van der Waals surface area contributed by atoms with Crippen molar-refractivity contribution in [3.8, 4) is 5.75 Å². The summed E-state index contributed by atoms with van der Waals surface area (Å²) in [6.45, 7) is 6.39. The number of amides is 3. The standard InChI is InChI=1S/C26H35N3O6S/c1-17-14-19(10-11-21(17)31)22(23(32)27-15-18-8-6-5-7-9-18)29(12-13-30)24(33)20(16-36)28-25(34)35-26(2,3)4/h5-11,14,20,22,30-31,36H,12-13,15-16H2,1-4H3,(H,27,32)(H,28,34). The summed E-state index contributed by atoms with van der Waals surface area (Å²) < 4.78 is 5.26. The van der Waals surface area contributed by atoms with E-state index in [9.17, 15) is 24.6 Å². The number of nitrogens with one attached hydrogen (secondary N) is 2. The van der Waals surface area contributed by atoms with Gasteiger partial charge in [0.1, 0.15) is 23.4 Å². The number of rotatable bonds is 10. The first-order valence-electron chi connectivity index (χ1n) is 11.6. The highest BCUT2D eigenvalue weighted by atomic mass is 32.1. The van der Waals surface area contributed by atoms with E-state index in [1.165, 1.54) is 11.0 Å². The zero-order valence-electron chi connectivity index (χ0n) is 21.0. The van der Waals surface area contributed by atoms with Crippen LogP contribution in [0.15, 0.2) is 48.5 Å². The van der Waals surface area contributed by atoms with Crippen LogP contribution in [0, 0.1) is 6.92 Å². The maximum atomic E-state index is 13.6. The van der Waals surface area contributed by atoms with Crippen molar-refractivity contribution in [3.05, 3.63) is 65.2 Å². The molecule has 9 nitrogen and oxygen atoms in total. The van der Waals surface area contributed by atoms with Crippen LogP contribution in [0.25, 0.3) is 0 Å². The molecule has 2 atom stereocenters. The normalized spacial score (nSPS) is 12.8. The quantitative estimate of drug-likeness (QED) is 0.308. The lowest BCUT2D eigenvalue weighted by molar-refractivity contribution is -0.142. The molecular weight excluding hydrogens is 482 g/mol. The van der Waals surface area contributed by atoms with Gasteiger partial charge in [0.2, 0.25) is 11.8 Å². The number of carbonyl (C=O) groups is 3. The van der Waals surface area contributed by atoms with Crippen molar-refractivity contribution in [2.45, 2.75) is 51.9 Å². The van der Waals surface area contributed by atoms with Gasteiger partial charge in [0.25, 0.3) is 0 Å². The molecule has 10 heteroatoms. The van der Waals surface area contributed by atoms with E-state index in [1.54, 1.807) is 39.8 Å². The molecule has 4 N–H and O–H groups in total. The molecule has 36 heavy (non-hydrogen) atoms. The van der Waals surface area contributed by atoms with E-state index < -0.39 is 42.2 Å². The topological polar surface area (TPSA) is 128 Å². The van der Waals surface area contributed by atoms with Crippen LogP contribution in [0.4, 0.5) is 4.79 Å². The van der Waals surface area contributed by atoms with Gasteiger partial charge in [-0.3, -0.25) is 9.59 Å². The summed E-state index contributed by atoms with van der Waals surface area (Å²) in [7, 11) is 0. The number of hydrogen-bond donors (Lipinski definition) is 5. The molecule has 0 saturated heterocycles. The van der Waals surface area contributed by atoms with E-state index in [2.05, 4.69) is 23.3 Å². The lowest BCUT2D eigenvalue weighted by Gasteiger charge is -2.34. The number of phenolic OH excluding ortho intramolecular Hbond substituents is 1. The van der Waals surface area contributed by atoms with Crippen LogP contribution in [0.3, 0.4) is 0 Å². The molecule has 2 aromatic carbocycles. The Hall–Kier alpha value is -3.24. The average Bonchev–Trinajstić information content (AvgIpc) is 2.82. The molecule has 3 amide bonds. The molecule has 2 rings (SSSR count). The number of aliphatic hydroxyl groups excluding tert-OH is 1. The number of alkyl carbamates (subject to hydrolysis) is 1. The summed E-state index contributed by atoms with van der Waals surface area (Å²) in [6.07, 6.45) is -0.801. The van der Waals surface area contributed by atoms with Gasteiger partial charge < -0.3 is 30.5 Å². The Balaban J connectivity index is 2.39. The first kappa shape index (κ1) is 29.0. The fourth-order valence-corrected chi connectivity index (χ4v) is 3.76. The number of aliphatic hydroxyl groups is 1. The van der Waals surface area contributed by atoms with Crippen LogP contribution in [-0.4, -0.2) is 63.6 Å². The summed E-state index contributed by atoms with van der Waals surface area (Å²) in [5.74, 6) is -1.12. The Morgan fingerprint density at radius 2 is 1.78 bits per heavy atom. The maximum absolute atomic E-state index is 13.6. The fourth-order valence-electron chi connectivity index (χ4n) is 3.51. The van der Waals surface area contributed by atoms with Crippen molar-refractivity contribution in [2.24, 2.45) is 0 Å². The third kappa shape index (κ3) is 8.46. The van der Waals surface area contributed by atoms with E-state index >= 15 is 0 Å². The van der Waals surface area contributed by atoms with E-state index in [1.807, 2.05) is 30.3 Å². The van der Waals surface area contributed by atoms with Crippen LogP contribution in [0.2, 0.25) is 0 Å². The molecule has 0 fully saturated rings. The number of benzene rings is 2. The van der Waals surface area contributed by atoms with Crippen molar-refractivity contribution in [1.82, 2.24) is 15.5 Å². The van der Waals surface area contributed by atoms with Crippen molar-refractivity contribution in [3.63, 3.8) is 0 Å². The van der Waals surface area contributed by atoms with E-state index in [-0.39, 0.29) is 24.6 Å². The minimum absolute atomic E-state index is 0.0436. The van der Waals surface area contributed by atoms with Crippen LogP contribution in [-0.2, 0) is 20.9 Å². The first-order valence-corrected chi connectivity index (χ1v) is 12.2. The van der Waals surface area contributed by atoms with E-state index in [4.69, 9.17) is 4.74 Å². The maximum Gasteiger partial charge on any atom is 0.408 e. The molecule has 2 unspecified atom stereocenters. The predicted octanol–water partition coefficient (Wildman–Crippen LogP) is 2.70. The van der Waals surface area contributed by atoms with Gasteiger partial charge in [0.05, 0.1) is 6.61 Å². The second kappa shape index (κ2) is 13.2. The number of carbonyl (C=O) groups excluding carboxylic acids is 3.